The monoisotopic (exact) mass is 253 g/mol. The van der Waals surface area contributed by atoms with Crippen LogP contribution < -0.4 is 5.73 Å². The summed E-state index contributed by atoms with van der Waals surface area (Å²) in [6, 6.07) is 7.88. The van der Waals surface area contributed by atoms with Crippen LogP contribution in [0.15, 0.2) is 24.3 Å². The summed E-state index contributed by atoms with van der Waals surface area (Å²) >= 11 is 0. The van der Waals surface area contributed by atoms with Gasteiger partial charge < -0.3 is 5.73 Å². The highest BCUT2D eigenvalue weighted by molar-refractivity contribution is 7.89. The first-order chi connectivity index (χ1) is 7.95. The van der Waals surface area contributed by atoms with Crippen LogP contribution in [-0.2, 0) is 21.0 Å². The third-order valence-corrected chi connectivity index (χ3v) is 4.53. The molecule has 94 valence electrons. The van der Waals surface area contributed by atoms with Crippen LogP contribution in [0.3, 0.4) is 0 Å². The maximum Gasteiger partial charge on any atom is 0.151 e. The topological polar surface area (TPSA) is 60.2 Å². The lowest BCUT2D eigenvalue weighted by atomic mass is 9.64. The van der Waals surface area contributed by atoms with Crippen molar-refractivity contribution in [3.8, 4) is 0 Å². The van der Waals surface area contributed by atoms with Crippen LogP contribution >= 0.6 is 0 Å². The van der Waals surface area contributed by atoms with E-state index in [0.29, 0.717) is 6.54 Å². The number of nitrogens with two attached hydrogens (primary N) is 1. The van der Waals surface area contributed by atoms with Crippen molar-refractivity contribution in [2.75, 3.05) is 12.8 Å². The van der Waals surface area contributed by atoms with Crippen LogP contribution in [0.1, 0.15) is 30.4 Å². The van der Waals surface area contributed by atoms with E-state index in [1.807, 2.05) is 18.2 Å². The zero-order chi connectivity index (χ0) is 12.5. The molecule has 2 N–H and O–H groups in total. The van der Waals surface area contributed by atoms with Crippen molar-refractivity contribution in [2.45, 2.75) is 30.4 Å². The third-order valence-electron chi connectivity index (χ3n) is 3.67. The zero-order valence-corrected chi connectivity index (χ0v) is 11.0. The van der Waals surface area contributed by atoms with Gasteiger partial charge in [-0.25, -0.2) is 8.42 Å². The summed E-state index contributed by atoms with van der Waals surface area (Å²) in [5, 5.41) is 0. The first kappa shape index (κ1) is 12.6. The predicted molar refractivity (Wildman–Crippen MR) is 69.6 cm³/mol. The summed E-state index contributed by atoms with van der Waals surface area (Å²) in [7, 11) is -2.97. The molecule has 0 amide bonds. The molecule has 2 rings (SSSR count). The average molecular weight is 253 g/mol. The summed E-state index contributed by atoms with van der Waals surface area (Å²) in [4.78, 5) is 0. The van der Waals surface area contributed by atoms with Gasteiger partial charge in [-0.2, -0.15) is 0 Å². The van der Waals surface area contributed by atoms with E-state index in [2.05, 4.69) is 6.07 Å². The van der Waals surface area contributed by atoms with E-state index in [9.17, 15) is 8.42 Å². The van der Waals surface area contributed by atoms with Gasteiger partial charge >= 0.3 is 0 Å². The number of hydrogen-bond acceptors (Lipinski definition) is 3. The average Bonchev–Trinajstić information content (AvgIpc) is 2.14. The van der Waals surface area contributed by atoms with Crippen molar-refractivity contribution in [1.29, 1.82) is 0 Å². The highest BCUT2D eigenvalue weighted by atomic mass is 32.2. The Balaban J connectivity index is 2.28. The largest absolute Gasteiger partial charge is 0.330 e. The molecule has 0 aromatic heterocycles. The Kier molecular flexibility index (Phi) is 3.27. The quantitative estimate of drug-likeness (QED) is 0.887. The minimum atomic E-state index is -2.97. The molecule has 1 aliphatic carbocycles. The molecule has 0 heterocycles. The van der Waals surface area contributed by atoms with Gasteiger partial charge in [0.05, 0.1) is 5.75 Å². The highest BCUT2D eigenvalue weighted by Crippen LogP contribution is 2.42. The van der Waals surface area contributed by atoms with Crippen LogP contribution in [0, 0.1) is 0 Å². The fraction of sp³-hybridized carbons (Fsp3) is 0.538. The molecule has 0 saturated heterocycles. The van der Waals surface area contributed by atoms with E-state index >= 15 is 0 Å². The minimum absolute atomic E-state index is 0.105. The zero-order valence-electron chi connectivity index (χ0n) is 10.1. The Bertz CT molecular complexity index is 498. The maximum atomic E-state index is 11.3. The fourth-order valence-corrected chi connectivity index (χ4v) is 3.29. The van der Waals surface area contributed by atoms with Gasteiger partial charge in [0, 0.05) is 18.2 Å². The van der Waals surface area contributed by atoms with Crippen LogP contribution in [-0.4, -0.2) is 21.2 Å². The second-order valence-electron chi connectivity index (χ2n) is 5.11. The van der Waals surface area contributed by atoms with E-state index in [1.165, 1.54) is 18.2 Å². The number of hydrogen-bond donors (Lipinski definition) is 1. The summed E-state index contributed by atoms with van der Waals surface area (Å²) in [5.74, 6) is 0.113. The Labute approximate surface area is 103 Å². The molecule has 0 aliphatic heterocycles. The summed E-state index contributed by atoms with van der Waals surface area (Å²) in [5.41, 5.74) is 8.03. The first-order valence-electron chi connectivity index (χ1n) is 5.92. The van der Waals surface area contributed by atoms with Crippen molar-refractivity contribution in [2.24, 2.45) is 5.73 Å². The Morgan fingerprint density at radius 1 is 1.35 bits per heavy atom. The normalized spacial score (nSPS) is 18.7. The maximum absolute atomic E-state index is 11.3. The summed E-state index contributed by atoms with van der Waals surface area (Å²) in [6.07, 6.45) is 4.72. The van der Waals surface area contributed by atoms with Gasteiger partial charge in [0.15, 0.2) is 9.84 Å². The molecule has 17 heavy (non-hydrogen) atoms. The molecular weight excluding hydrogens is 234 g/mol. The lowest BCUT2D eigenvalue weighted by Gasteiger charge is -2.41. The molecule has 0 bridgehead atoms. The van der Waals surface area contributed by atoms with Crippen molar-refractivity contribution in [1.82, 2.24) is 0 Å². The lowest BCUT2D eigenvalue weighted by molar-refractivity contribution is 0.253. The molecule has 1 fully saturated rings. The SMILES string of the molecule is CS(=O)(=O)Cc1cccc(C2(CN)CCC2)c1. The van der Waals surface area contributed by atoms with Crippen molar-refractivity contribution in [3.63, 3.8) is 0 Å². The van der Waals surface area contributed by atoms with E-state index < -0.39 is 9.84 Å². The van der Waals surface area contributed by atoms with E-state index in [1.54, 1.807) is 0 Å². The van der Waals surface area contributed by atoms with Crippen molar-refractivity contribution < 1.29 is 8.42 Å². The molecule has 0 unspecified atom stereocenters. The number of benzene rings is 1. The highest BCUT2D eigenvalue weighted by Gasteiger charge is 2.37. The molecular formula is C13H19NO2S. The second-order valence-corrected chi connectivity index (χ2v) is 7.25. The first-order valence-corrected chi connectivity index (χ1v) is 7.98. The molecule has 3 nitrogen and oxygen atoms in total. The second kappa shape index (κ2) is 4.42. The fourth-order valence-electron chi connectivity index (χ4n) is 2.51. The van der Waals surface area contributed by atoms with Crippen molar-refractivity contribution >= 4 is 9.84 Å². The molecule has 0 atom stereocenters. The van der Waals surface area contributed by atoms with E-state index in [4.69, 9.17) is 5.73 Å². The minimum Gasteiger partial charge on any atom is -0.330 e. The van der Waals surface area contributed by atoms with E-state index in [0.717, 1.165) is 18.4 Å². The van der Waals surface area contributed by atoms with Crippen LogP contribution in [0.5, 0.6) is 0 Å². The molecule has 1 aliphatic rings. The Hall–Kier alpha value is -0.870. The Morgan fingerprint density at radius 3 is 2.53 bits per heavy atom. The van der Waals surface area contributed by atoms with Gasteiger partial charge in [0.1, 0.15) is 0 Å². The number of sulfone groups is 1. The van der Waals surface area contributed by atoms with Gasteiger partial charge in [-0.1, -0.05) is 30.7 Å². The van der Waals surface area contributed by atoms with E-state index in [-0.39, 0.29) is 11.2 Å². The van der Waals surface area contributed by atoms with Gasteiger partial charge in [-0.3, -0.25) is 0 Å². The molecule has 1 saturated carbocycles. The van der Waals surface area contributed by atoms with Gasteiger partial charge in [0.25, 0.3) is 0 Å². The summed E-state index contributed by atoms with van der Waals surface area (Å²) in [6.45, 7) is 0.648. The molecule has 4 heteroatoms. The van der Waals surface area contributed by atoms with Crippen LogP contribution in [0.25, 0.3) is 0 Å². The predicted octanol–water partition coefficient (Wildman–Crippen LogP) is 1.61. The van der Waals surface area contributed by atoms with Crippen molar-refractivity contribution in [3.05, 3.63) is 35.4 Å². The summed E-state index contributed by atoms with van der Waals surface area (Å²) < 4.78 is 22.6. The lowest BCUT2D eigenvalue weighted by Crippen LogP contribution is -2.41. The van der Waals surface area contributed by atoms with Gasteiger partial charge in [-0.15, -0.1) is 0 Å². The van der Waals surface area contributed by atoms with Crippen LogP contribution in [0.4, 0.5) is 0 Å². The molecule has 1 aromatic rings. The molecule has 0 spiro atoms. The van der Waals surface area contributed by atoms with Crippen LogP contribution in [0.2, 0.25) is 0 Å². The standard InChI is InChI=1S/C13H19NO2S/c1-17(15,16)9-11-4-2-5-12(8-11)13(10-14)6-3-7-13/h2,4-5,8H,3,6-7,9-10,14H2,1H3. The smallest absolute Gasteiger partial charge is 0.151 e. The van der Waals surface area contributed by atoms with Gasteiger partial charge in [-0.05, 0) is 24.0 Å². The van der Waals surface area contributed by atoms with Gasteiger partial charge in [0.2, 0.25) is 0 Å². The molecule has 1 aromatic carbocycles. The molecule has 0 radical (unpaired) electrons. The number of rotatable bonds is 4. The Morgan fingerprint density at radius 2 is 2.06 bits per heavy atom. The third kappa shape index (κ3) is 2.69.